The van der Waals surface area contributed by atoms with Crippen molar-refractivity contribution in [3.8, 4) is 0 Å². The van der Waals surface area contributed by atoms with Gasteiger partial charge in [0.15, 0.2) is 0 Å². The number of pyridine rings is 1. The van der Waals surface area contributed by atoms with E-state index in [0.29, 0.717) is 0 Å². The number of hydrogen-bond acceptors (Lipinski definition) is 1. The number of hydrogen-bond donors (Lipinski definition) is 0. The summed E-state index contributed by atoms with van der Waals surface area (Å²) in [6.07, 6.45) is 6.69. The minimum absolute atomic E-state index is 1.10. The highest BCUT2D eigenvalue weighted by molar-refractivity contribution is 5.81. The van der Waals surface area contributed by atoms with Gasteiger partial charge < -0.3 is 0 Å². The van der Waals surface area contributed by atoms with Crippen molar-refractivity contribution >= 4 is 10.9 Å². The standard InChI is InChI=1S/C19H19N/c1-2-8-16(9-3-1)10-4-5-11-17-14-15-20-19-13-7-6-12-18(17)19/h1-3,6-9,12-15H,4-5,10-11H2. The molecule has 1 aromatic heterocycles. The van der Waals surface area contributed by atoms with Gasteiger partial charge in [0.1, 0.15) is 0 Å². The fraction of sp³-hybridized carbons (Fsp3) is 0.211. The van der Waals surface area contributed by atoms with Crippen LogP contribution in [0.25, 0.3) is 10.9 Å². The zero-order valence-electron chi connectivity index (χ0n) is 11.6. The first-order valence-corrected chi connectivity index (χ1v) is 7.30. The highest BCUT2D eigenvalue weighted by Gasteiger charge is 2.01. The van der Waals surface area contributed by atoms with Crippen LogP contribution in [0.5, 0.6) is 0 Å². The monoisotopic (exact) mass is 261 g/mol. The van der Waals surface area contributed by atoms with Crippen molar-refractivity contribution in [2.24, 2.45) is 0 Å². The molecule has 1 heterocycles. The molecule has 100 valence electrons. The fourth-order valence-electron chi connectivity index (χ4n) is 2.66. The average Bonchev–Trinajstić information content (AvgIpc) is 2.53. The molecule has 0 N–H and O–H groups in total. The Labute approximate surface area is 120 Å². The smallest absolute Gasteiger partial charge is 0.0704 e. The van der Waals surface area contributed by atoms with Crippen LogP contribution in [-0.2, 0) is 12.8 Å². The van der Waals surface area contributed by atoms with Crippen molar-refractivity contribution in [1.29, 1.82) is 0 Å². The van der Waals surface area contributed by atoms with Gasteiger partial charge in [0, 0.05) is 11.6 Å². The third-order valence-corrected chi connectivity index (χ3v) is 3.74. The van der Waals surface area contributed by atoms with E-state index in [1.54, 1.807) is 0 Å². The summed E-state index contributed by atoms with van der Waals surface area (Å²) in [4.78, 5) is 4.42. The quantitative estimate of drug-likeness (QED) is 0.601. The molecule has 0 aliphatic rings. The number of nitrogens with zero attached hydrogens (tertiary/aromatic N) is 1. The molecule has 3 aromatic rings. The summed E-state index contributed by atoms with van der Waals surface area (Å²) in [6.45, 7) is 0. The summed E-state index contributed by atoms with van der Waals surface area (Å²) >= 11 is 0. The third-order valence-electron chi connectivity index (χ3n) is 3.74. The third kappa shape index (κ3) is 3.05. The van der Waals surface area contributed by atoms with Gasteiger partial charge in [-0.25, -0.2) is 0 Å². The Kier molecular flexibility index (Phi) is 4.07. The maximum absolute atomic E-state index is 4.42. The summed E-state index contributed by atoms with van der Waals surface area (Å²) in [5.41, 5.74) is 3.96. The predicted molar refractivity (Wildman–Crippen MR) is 84.8 cm³/mol. The van der Waals surface area contributed by atoms with Crippen LogP contribution in [0.4, 0.5) is 0 Å². The van der Waals surface area contributed by atoms with Crippen LogP contribution >= 0.6 is 0 Å². The topological polar surface area (TPSA) is 12.9 Å². The van der Waals surface area contributed by atoms with E-state index in [-0.39, 0.29) is 0 Å². The van der Waals surface area contributed by atoms with Gasteiger partial charge in [-0.3, -0.25) is 4.98 Å². The fourth-order valence-corrected chi connectivity index (χ4v) is 2.66. The zero-order valence-corrected chi connectivity index (χ0v) is 11.6. The Bertz CT molecular complexity index is 668. The summed E-state index contributed by atoms with van der Waals surface area (Å²) in [6, 6.07) is 21.3. The first kappa shape index (κ1) is 12.9. The van der Waals surface area contributed by atoms with Crippen molar-refractivity contribution < 1.29 is 0 Å². The number of aryl methyl sites for hydroxylation is 2. The van der Waals surface area contributed by atoms with Gasteiger partial charge >= 0.3 is 0 Å². The Morgan fingerprint density at radius 1 is 0.700 bits per heavy atom. The molecule has 1 heteroatoms. The first-order valence-electron chi connectivity index (χ1n) is 7.30. The molecule has 20 heavy (non-hydrogen) atoms. The van der Waals surface area contributed by atoms with E-state index in [1.807, 2.05) is 6.20 Å². The molecular formula is C19H19N. The molecule has 0 fully saturated rings. The highest BCUT2D eigenvalue weighted by atomic mass is 14.6. The van der Waals surface area contributed by atoms with Crippen LogP contribution in [0, 0.1) is 0 Å². The van der Waals surface area contributed by atoms with E-state index in [1.165, 1.54) is 35.8 Å². The molecular weight excluding hydrogens is 242 g/mol. The predicted octanol–water partition coefficient (Wildman–Crippen LogP) is 4.80. The minimum atomic E-state index is 1.10. The highest BCUT2D eigenvalue weighted by Crippen LogP contribution is 2.18. The van der Waals surface area contributed by atoms with Crippen molar-refractivity contribution in [2.45, 2.75) is 25.7 Å². The largest absolute Gasteiger partial charge is 0.256 e. The van der Waals surface area contributed by atoms with Gasteiger partial charge in [0.2, 0.25) is 0 Å². The first-order chi connectivity index (χ1) is 9.93. The molecule has 0 atom stereocenters. The zero-order chi connectivity index (χ0) is 13.6. The normalized spacial score (nSPS) is 10.8. The van der Waals surface area contributed by atoms with Crippen LogP contribution in [-0.4, -0.2) is 4.98 Å². The van der Waals surface area contributed by atoms with Gasteiger partial charge in [-0.2, -0.15) is 0 Å². The Morgan fingerprint density at radius 3 is 2.35 bits per heavy atom. The lowest BCUT2D eigenvalue weighted by Gasteiger charge is -2.06. The van der Waals surface area contributed by atoms with Crippen LogP contribution in [0.1, 0.15) is 24.0 Å². The maximum Gasteiger partial charge on any atom is 0.0704 e. The molecule has 0 bridgehead atoms. The molecule has 2 aromatic carbocycles. The lowest BCUT2D eigenvalue weighted by atomic mass is 10.0. The van der Waals surface area contributed by atoms with Gasteiger partial charge in [-0.1, -0.05) is 48.5 Å². The summed E-state index contributed by atoms with van der Waals surface area (Å²) in [7, 11) is 0. The second-order valence-electron chi connectivity index (χ2n) is 5.18. The molecule has 0 aliphatic carbocycles. The van der Waals surface area contributed by atoms with Crippen molar-refractivity contribution in [2.75, 3.05) is 0 Å². The lowest BCUT2D eigenvalue weighted by molar-refractivity contribution is 0.736. The van der Waals surface area contributed by atoms with Crippen LogP contribution in [0.3, 0.4) is 0 Å². The number of aromatic nitrogens is 1. The second-order valence-corrected chi connectivity index (χ2v) is 5.18. The van der Waals surface area contributed by atoms with E-state index in [9.17, 15) is 0 Å². The van der Waals surface area contributed by atoms with Gasteiger partial charge in [0.25, 0.3) is 0 Å². The maximum atomic E-state index is 4.42. The molecule has 3 rings (SSSR count). The van der Waals surface area contributed by atoms with E-state index in [4.69, 9.17) is 0 Å². The van der Waals surface area contributed by atoms with Gasteiger partial charge in [0.05, 0.1) is 5.52 Å². The van der Waals surface area contributed by atoms with Crippen LogP contribution in [0.15, 0.2) is 66.9 Å². The number of unbranched alkanes of at least 4 members (excludes halogenated alkanes) is 1. The van der Waals surface area contributed by atoms with Crippen molar-refractivity contribution in [3.63, 3.8) is 0 Å². The van der Waals surface area contributed by atoms with E-state index in [2.05, 4.69) is 65.6 Å². The molecule has 0 saturated heterocycles. The van der Waals surface area contributed by atoms with Crippen LogP contribution in [0.2, 0.25) is 0 Å². The van der Waals surface area contributed by atoms with Crippen molar-refractivity contribution in [1.82, 2.24) is 4.98 Å². The molecule has 1 nitrogen and oxygen atoms in total. The Morgan fingerprint density at radius 2 is 1.45 bits per heavy atom. The molecule has 0 amide bonds. The van der Waals surface area contributed by atoms with E-state index >= 15 is 0 Å². The molecule has 0 unspecified atom stereocenters. The summed E-state index contributed by atoms with van der Waals surface area (Å²) < 4.78 is 0. The Hall–Kier alpha value is -2.15. The number of fused-ring (bicyclic) bond motifs is 1. The SMILES string of the molecule is c1ccc(CCCCc2ccnc3ccccc23)cc1. The number of benzene rings is 2. The minimum Gasteiger partial charge on any atom is -0.256 e. The molecule has 0 saturated carbocycles. The van der Waals surface area contributed by atoms with Crippen LogP contribution < -0.4 is 0 Å². The molecule has 0 aliphatic heterocycles. The van der Waals surface area contributed by atoms with Gasteiger partial charge in [-0.15, -0.1) is 0 Å². The summed E-state index contributed by atoms with van der Waals surface area (Å²) in [5, 5.41) is 1.30. The number of para-hydroxylation sites is 1. The Balaban J connectivity index is 1.60. The average molecular weight is 261 g/mol. The van der Waals surface area contributed by atoms with E-state index < -0.39 is 0 Å². The molecule has 0 radical (unpaired) electrons. The lowest BCUT2D eigenvalue weighted by Crippen LogP contribution is -1.91. The number of rotatable bonds is 5. The van der Waals surface area contributed by atoms with E-state index in [0.717, 1.165) is 11.9 Å². The second kappa shape index (κ2) is 6.33. The van der Waals surface area contributed by atoms with Gasteiger partial charge in [-0.05, 0) is 48.9 Å². The molecule has 0 spiro atoms. The summed E-state index contributed by atoms with van der Waals surface area (Å²) in [5.74, 6) is 0. The van der Waals surface area contributed by atoms with Crippen molar-refractivity contribution in [3.05, 3.63) is 78.0 Å².